The monoisotopic (exact) mass is 272 g/mol. The van der Waals surface area contributed by atoms with Crippen LogP contribution in [0.2, 0.25) is 0 Å². The first-order valence-corrected chi connectivity index (χ1v) is 6.82. The number of carbonyl (C=O) groups excluding carboxylic acids is 2. The van der Waals surface area contributed by atoms with Gasteiger partial charge in [0, 0.05) is 19.1 Å². The van der Waals surface area contributed by atoms with Crippen LogP contribution in [0.3, 0.4) is 0 Å². The van der Waals surface area contributed by atoms with Gasteiger partial charge in [-0.15, -0.1) is 0 Å². The van der Waals surface area contributed by atoms with E-state index in [4.69, 9.17) is 9.47 Å². The number of ether oxygens (including phenoxy) is 2. The number of morpholine rings is 1. The molecule has 1 fully saturated rings. The Kier molecular flexibility index (Phi) is 6.80. The number of hydrogen-bond acceptors (Lipinski definition) is 5. The van der Waals surface area contributed by atoms with Gasteiger partial charge in [-0.3, -0.25) is 9.59 Å². The van der Waals surface area contributed by atoms with E-state index >= 15 is 0 Å². The van der Waals surface area contributed by atoms with Gasteiger partial charge in [0.1, 0.15) is 0 Å². The fourth-order valence-corrected chi connectivity index (χ4v) is 2.08. The topological polar surface area (TPSA) is 67.9 Å². The Bertz CT molecular complexity index is 303. The minimum atomic E-state index is -0.303. The van der Waals surface area contributed by atoms with E-state index in [2.05, 4.69) is 5.32 Å². The third-order valence-electron chi connectivity index (χ3n) is 3.01. The van der Waals surface area contributed by atoms with Crippen LogP contribution in [0.25, 0.3) is 0 Å². The summed E-state index contributed by atoms with van der Waals surface area (Å²) in [5.74, 6) is -0.187. The highest BCUT2D eigenvalue weighted by Gasteiger charge is 2.24. The molecule has 0 aliphatic carbocycles. The average Bonchev–Trinajstić information content (AvgIpc) is 2.38. The smallest absolute Gasteiger partial charge is 0.307 e. The highest BCUT2D eigenvalue weighted by molar-refractivity contribution is 5.81. The van der Waals surface area contributed by atoms with E-state index in [1.54, 1.807) is 11.8 Å². The lowest BCUT2D eigenvalue weighted by Crippen LogP contribution is -2.51. The minimum absolute atomic E-state index is 0.0546. The van der Waals surface area contributed by atoms with Crippen molar-refractivity contribution in [3.63, 3.8) is 0 Å². The van der Waals surface area contributed by atoms with Gasteiger partial charge < -0.3 is 19.7 Å². The summed E-state index contributed by atoms with van der Waals surface area (Å²) in [5, 5.41) is 3.13. The summed E-state index contributed by atoms with van der Waals surface area (Å²) in [5.41, 5.74) is 0. The second kappa shape index (κ2) is 8.12. The molecule has 19 heavy (non-hydrogen) atoms. The first kappa shape index (κ1) is 15.9. The molecule has 1 amide bonds. The maximum absolute atomic E-state index is 12.1. The Morgan fingerprint density at radius 3 is 2.53 bits per heavy atom. The molecule has 0 radical (unpaired) electrons. The lowest BCUT2D eigenvalue weighted by Gasteiger charge is -2.30. The van der Waals surface area contributed by atoms with Crippen LogP contribution in [-0.4, -0.2) is 61.8 Å². The van der Waals surface area contributed by atoms with Crippen LogP contribution in [0.4, 0.5) is 0 Å². The Morgan fingerprint density at radius 1 is 1.32 bits per heavy atom. The van der Waals surface area contributed by atoms with Gasteiger partial charge in [0.2, 0.25) is 5.91 Å². The molecule has 1 rings (SSSR count). The second-order valence-electron chi connectivity index (χ2n) is 4.74. The van der Waals surface area contributed by atoms with Gasteiger partial charge in [0.25, 0.3) is 0 Å². The maximum Gasteiger partial charge on any atom is 0.307 e. The van der Waals surface area contributed by atoms with E-state index in [0.29, 0.717) is 32.9 Å². The van der Waals surface area contributed by atoms with E-state index in [0.717, 1.165) is 0 Å². The summed E-state index contributed by atoms with van der Waals surface area (Å²) in [6, 6.07) is -0.387. The number of carbonyl (C=O) groups is 2. The molecular formula is C13H24N2O4. The van der Waals surface area contributed by atoms with Crippen LogP contribution in [-0.2, 0) is 19.1 Å². The first-order valence-electron chi connectivity index (χ1n) is 6.82. The molecule has 0 aromatic heterocycles. The van der Waals surface area contributed by atoms with Gasteiger partial charge in [-0.05, 0) is 20.8 Å². The van der Waals surface area contributed by atoms with E-state index in [1.165, 1.54) is 0 Å². The molecule has 1 aliphatic rings. The van der Waals surface area contributed by atoms with Gasteiger partial charge in [-0.1, -0.05) is 0 Å². The maximum atomic E-state index is 12.1. The molecule has 6 nitrogen and oxygen atoms in total. The third-order valence-corrected chi connectivity index (χ3v) is 3.01. The van der Waals surface area contributed by atoms with Crippen molar-refractivity contribution in [3.8, 4) is 0 Å². The summed E-state index contributed by atoms with van der Waals surface area (Å²) in [7, 11) is 0. The van der Waals surface area contributed by atoms with E-state index in [9.17, 15) is 9.59 Å². The Morgan fingerprint density at radius 2 is 1.95 bits per heavy atom. The van der Waals surface area contributed by atoms with E-state index in [-0.39, 0.29) is 30.4 Å². The lowest BCUT2D eigenvalue weighted by molar-refractivity contribution is -0.144. The number of esters is 1. The zero-order valence-corrected chi connectivity index (χ0v) is 12.0. The Hall–Kier alpha value is -1.14. The molecule has 0 aromatic rings. The normalized spacial score (nSPS) is 18.8. The van der Waals surface area contributed by atoms with E-state index < -0.39 is 0 Å². The van der Waals surface area contributed by atoms with Crippen LogP contribution in [0.5, 0.6) is 0 Å². The molecule has 1 heterocycles. The van der Waals surface area contributed by atoms with E-state index in [1.807, 2.05) is 13.8 Å². The lowest BCUT2D eigenvalue weighted by atomic mass is 10.2. The Labute approximate surface area is 114 Å². The summed E-state index contributed by atoms with van der Waals surface area (Å²) >= 11 is 0. The van der Waals surface area contributed by atoms with Crippen molar-refractivity contribution in [2.75, 3.05) is 32.9 Å². The first-order chi connectivity index (χ1) is 9.04. The predicted octanol–water partition coefficient (Wildman–Crippen LogP) is 0.165. The molecule has 1 N–H and O–H groups in total. The van der Waals surface area contributed by atoms with Crippen molar-refractivity contribution in [1.29, 1.82) is 0 Å². The number of hydrogen-bond donors (Lipinski definition) is 1. The number of nitrogens with zero attached hydrogens (tertiary/aromatic N) is 1. The molecule has 1 saturated heterocycles. The highest BCUT2D eigenvalue weighted by Crippen LogP contribution is 2.03. The molecule has 2 atom stereocenters. The van der Waals surface area contributed by atoms with Crippen LogP contribution in [0.15, 0.2) is 0 Å². The summed E-state index contributed by atoms with van der Waals surface area (Å²) in [4.78, 5) is 25.3. The number of rotatable bonds is 6. The molecule has 0 saturated carbocycles. The minimum Gasteiger partial charge on any atom is -0.466 e. The SMILES string of the molecule is CCOC(=O)CC(C)NC(C)C(=O)N1CCOCC1. The average molecular weight is 272 g/mol. The number of amides is 1. The van der Waals surface area contributed by atoms with Crippen LogP contribution >= 0.6 is 0 Å². The molecule has 1 aliphatic heterocycles. The molecule has 6 heteroatoms. The van der Waals surface area contributed by atoms with Crippen molar-refractivity contribution in [1.82, 2.24) is 10.2 Å². The molecular weight excluding hydrogens is 248 g/mol. The summed E-state index contributed by atoms with van der Waals surface area (Å²) in [6.45, 7) is 8.32. The fraction of sp³-hybridized carbons (Fsp3) is 0.846. The number of nitrogens with one attached hydrogen (secondary N) is 1. The van der Waals surface area contributed by atoms with Crippen LogP contribution < -0.4 is 5.32 Å². The van der Waals surface area contributed by atoms with Gasteiger partial charge in [-0.2, -0.15) is 0 Å². The molecule has 2 unspecified atom stereocenters. The van der Waals surface area contributed by atoms with Crippen molar-refractivity contribution in [2.24, 2.45) is 0 Å². The Balaban J connectivity index is 2.33. The zero-order valence-electron chi connectivity index (χ0n) is 12.0. The van der Waals surface area contributed by atoms with Gasteiger partial charge in [-0.25, -0.2) is 0 Å². The largest absolute Gasteiger partial charge is 0.466 e. The molecule has 0 spiro atoms. The third kappa shape index (κ3) is 5.57. The van der Waals surface area contributed by atoms with Crippen molar-refractivity contribution >= 4 is 11.9 Å². The summed E-state index contributed by atoms with van der Waals surface area (Å²) in [6.07, 6.45) is 0.272. The van der Waals surface area contributed by atoms with Crippen molar-refractivity contribution in [2.45, 2.75) is 39.3 Å². The van der Waals surface area contributed by atoms with Crippen molar-refractivity contribution < 1.29 is 19.1 Å². The van der Waals surface area contributed by atoms with Crippen LogP contribution in [0.1, 0.15) is 27.2 Å². The second-order valence-corrected chi connectivity index (χ2v) is 4.74. The standard InChI is InChI=1S/C13H24N2O4/c1-4-19-12(16)9-10(2)14-11(3)13(17)15-5-7-18-8-6-15/h10-11,14H,4-9H2,1-3H3. The molecule has 0 aromatic carbocycles. The van der Waals surface area contributed by atoms with Crippen molar-refractivity contribution in [3.05, 3.63) is 0 Å². The fourth-order valence-electron chi connectivity index (χ4n) is 2.08. The highest BCUT2D eigenvalue weighted by atomic mass is 16.5. The van der Waals surface area contributed by atoms with Crippen LogP contribution in [0, 0.1) is 0 Å². The summed E-state index contributed by atoms with van der Waals surface area (Å²) < 4.78 is 10.1. The van der Waals surface area contributed by atoms with Gasteiger partial charge >= 0.3 is 5.97 Å². The van der Waals surface area contributed by atoms with Gasteiger partial charge in [0.15, 0.2) is 0 Å². The molecule has 110 valence electrons. The van der Waals surface area contributed by atoms with Gasteiger partial charge in [0.05, 0.1) is 32.3 Å². The molecule has 0 bridgehead atoms. The predicted molar refractivity (Wildman–Crippen MR) is 70.7 cm³/mol. The zero-order chi connectivity index (χ0) is 14.3. The quantitative estimate of drug-likeness (QED) is 0.698.